The molecule has 0 atom stereocenters. The molecular formula is C14H14N2O3S. The zero-order valence-corrected chi connectivity index (χ0v) is 12.0. The van der Waals surface area contributed by atoms with Gasteiger partial charge in [0.05, 0.1) is 11.5 Å². The molecule has 1 aromatic heterocycles. The number of nitro benzene ring substituents is 1. The highest BCUT2D eigenvalue weighted by Gasteiger charge is 2.19. The van der Waals surface area contributed by atoms with Crippen LogP contribution in [0, 0.1) is 10.1 Å². The van der Waals surface area contributed by atoms with Crippen LogP contribution in [0.5, 0.6) is 0 Å². The Bertz CT molecular complexity index is 638. The molecule has 0 aliphatic rings. The molecule has 0 aliphatic heterocycles. The number of nitro groups is 1. The summed E-state index contributed by atoms with van der Waals surface area (Å²) in [5, 5.41) is 13.1. The van der Waals surface area contributed by atoms with Gasteiger partial charge in [-0.05, 0) is 30.5 Å². The van der Waals surface area contributed by atoms with Gasteiger partial charge in [0.15, 0.2) is 5.78 Å². The number of hydrogen-bond acceptors (Lipinski definition) is 5. The van der Waals surface area contributed by atoms with Crippen LogP contribution in [-0.2, 0) is 6.54 Å². The molecule has 0 aliphatic carbocycles. The van der Waals surface area contributed by atoms with Crippen molar-refractivity contribution in [2.24, 2.45) is 0 Å². The average Bonchev–Trinajstić information content (AvgIpc) is 2.90. The third kappa shape index (κ3) is 3.03. The predicted molar refractivity (Wildman–Crippen MR) is 79.5 cm³/mol. The maximum absolute atomic E-state index is 11.3. The molecule has 6 heteroatoms. The molecule has 5 nitrogen and oxygen atoms in total. The molecule has 2 aromatic rings. The van der Waals surface area contributed by atoms with Crippen molar-refractivity contribution in [2.45, 2.75) is 13.5 Å². The van der Waals surface area contributed by atoms with E-state index in [0.717, 1.165) is 4.88 Å². The number of carbonyl (C=O) groups excluding carboxylic acids is 1. The zero-order chi connectivity index (χ0) is 14.7. The smallest absolute Gasteiger partial charge is 0.293 e. The van der Waals surface area contributed by atoms with E-state index in [1.807, 2.05) is 22.4 Å². The number of ketones is 1. The molecule has 0 saturated carbocycles. The van der Waals surface area contributed by atoms with E-state index in [1.54, 1.807) is 30.5 Å². The number of thiophene rings is 1. The fourth-order valence-corrected chi connectivity index (χ4v) is 2.69. The Morgan fingerprint density at radius 2 is 2.15 bits per heavy atom. The summed E-state index contributed by atoms with van der Waals surface area (Å²) < 4.78 is 0. The van der Waals surface area contributed by atoms with Crippen LogP contribution in [0.15, 0.2) is 35.7 Å². The predicted octanol–water partition coefficient (Wildman–Crippen LogP) is 3.50. The lowest BCUT2D eigenvalue weighted by Crippen LogP contribution is -2.17. The molecule has 20 heavy (non-hydrogen) atoms. The first kappa shape index (κ1) is 14.2. The minimum absolute atomic E-state index is 0.0447. The molecule has 0 spiro atoms. The van der Waals surface area contributed by atoms with Gasteiger partial charge >= 0.3 is 0 Å². The van der Waals surface area contributed by atoms with Crippen molar-refractivity contribution in [3.05, 3.63) is 56.3 Å². The zero-order valence-electron chi connectivity index (χ0n) is 11.2. The number of benzene rings is 1. The van der Waals surface area contributed by atoms with E-state index in [-0.39, 0.29) is 11.5 Å². The van der Waals surface area contributed by atoms with Crippen molar-refractivity contribution in [3.8, 4) is 0 Å². The normalized spacial score (nSPS) is 10.3. The van der Waals surface area contributed by atoms with Crippen LogP contribution in [-0.4, -0.2) is 17.8 Å². The molecule has 0 bridgehead atoms. The van der Waals surface area contributed by atoms with E-state index in [0.29, 0.717) is 17.8 Å². The molecule has 0 fully saturated rings. The monoisotopic (exact) mass is 290 g/mol. The number of nitrogens with zero attached hydrogens (tertiary/aromatic N) is 2. The molecule has 1 aromatic carbocycles. The Morgan fingerprint density at radius 1 is 1.40 bits per heavy atom. The van der Waals surface area contributed by atoms with Crippen LogP contribution >= 0.6 is 11.3 Å². The van der Waals surface area contributed by atoms with E-state index < -0.39 is 4.92 Å². The quantitative estimate of drug-likeness (QED) is 0.480. The first-order valence-corrected chi connectivity index (χ1v) is 6.90. The van der Waals surface area contributed by atoms with Crippen molar-refractivity contribution >= 4 is 28.5 Å². The molecule has 0 saturated heterocycles. The van der Waals surface area contributed by atoms with E-state index in [2.05, 4.69) is 0 Å². The highest BCUT2D eigenvalue weighted by atomic mass is 32.1. The summed E-state index contributed by atoms with van der Waals surface area (Å²) in [6.07, 6.45) is 0. The summed E-state index contributed by atoms with van der Waals surface area (Å²) in [5.41, 5.74) is 0.815. The summed E-state index contributed by atoms with van der Waals surface area (Å²) in [5.74, 6) is -0.180. The van der Waals surface area contributed by atoms with Crippen molar-refractivity contribution in [1.29, 1.82) is 0 Å². The van der Waals surface area contributed by atoms with Gasteiger partial charge in [-0.1, -0.05) is 6.07 Å². The standard InChI is InChI=1S/C14H14N2O3S/c1-10(17)11-5-6-13(14(8-11)16(18)19)15(2)9-12-4-3-7-20-12/h3-8H,9H2,1-2H3. The Morgan fingerprint density at radius 3 is 2.70 bits per heavy atom. The first-order valence-electron chi connectivity index (χ1n) is 6.02. The van der Waals surface area contributed by atoms with Gasteiger partial charge in [-0.25, -0.2) is 0 Å². The minimum Gasteiger partial charge on any atom is -0.364 e. The van der Waals surface area contributed by atoms with Gasteiger partial charge in [0.25, 0.3) is 5.69 Å². The van der Waals surface area contributed by atoms with E-state index in [9.17, 15) is 14.9 Å². The molecule has 0 radical (unpaired) electrons. The lowest BCUT2D eigenvalue weighted by molar-refractivity contribution is -0.384. The van der Waals surface area contributed by atoms with Gasteiger partial charge in [-0.15, -0.1) is 11.3 Å². The lowest BCUT2D eigenvalue weighted by atomic mass is 10.1. The number of carbonyl (C=O) groups is 1. The number of anilines is 1. The minimum atomic E-state index is -0.452. The van der Waals surface area contributed by atoms with Crippen LogP contribution in [0.25, 0.3) is 0 Å². The summed E-state index contributed by atoms with van der Waals surface area (Å²) in [6, 6.07) is 8.51. The fraction of sp³-hybridized carbons (Fsp3) is 0.214. The highest BCUT2D eigenvalue weighted by Crippen LogP contribution is 2.30. The first-order chi connectivity index (χ1) is 9.49. The van der Waals surface area contributed by atoms with Crippen molar-refractivity contribution in [1.82, 2.24) is 0 Å². The number of rotatable bonds is 5. The SMILES string of the molecule is CC(=O)c1ccc(N(C)Cc2cccs2)c([N+](=O)[O-])c1. The van der Waals surface area contributed by atoms with Crippen LogP contribution < -0.4 is 4.90 Å². The second kappa shape index (κ2) is 5.83. The second-order valence-electron chi connectivity index (χ2n) is 4.45. The van der Waals surface area contributed by atoms with Crippen molar-refractivity contribution in [2.75, 3.05) is 11.9 Å². The topological polar surface area (TPSA) is 63.5 Å². The van der Waals surface area contributed by atoms with E-state index in [4.69, 9.17) is 0 Å². The maximum atomic E-state index is 11.3. The Balaban J connectivity index is 2.35. The Kier molecular flexibility index (Phi) is 4.14. The molecule has 0 unspecified atom stereocenters. The molecule has 104 valence electrons. The Hall–Kier alpha value is -2.21. The Labute approximate surface area is 120 Å². The van der Waals surface area contributed by atoms with Gasteiger partial charge in [0.2, 0.25) is 0 Å². The molecule has 0 amide bonds. The summed E-state index contributed by atoms with van der Waals surface area (Å²) in [7, 11) is 1.80. The summed E-state index contributed by atoms with van der Waals surface area (Å²) in [6.45, 7) is 1.99. The van der Waals surface area contributed by atoms with Crippen LogP contribution in [0.2, 0.25) is 0 Å². The largest absolute Gasteiger partial charge is 0.364 e. The van der Waals surface area contributed by atoms with Gasteiger partial charge in [-0.2, -0.15) is 0 Å². The van der Waals surface area contributed by atoms with Crippen molar-refractivity contribution in [3.63, 3.8) is 0 Å². The van der Waals surface area contributed by atoms with Crippen LogP contribution in [0.4, 0.5) is 11.4 Å². The third-order valence-electron chi connectivity index (χ3n) is 2.96. The summed E-state index contributed by atoms with van der Waals surface area (Å²) >= 11 is 1.60. The summed E-state index contributed by atoms with van der Waals surface area (Å²) in [4.78, 5) is 25.0. The maximum Gasteiger partial charge on any atom is 0.293 e. The van der Waals surface area contributed by atoms with E-state index >= 15 is 0 Å². The highest BCUT2D eigenvalue weighted by molar-refractivity contribution is 7.09. The number of Topliss-reactive ketones (excluding diaryl/α,β-unsaturated/α-hetero) is 1. The molecule has 1 heterocycles. The van der Waals surface area contributed by atoms with Crippen molar-refractivity contribution < 1.29 is 9.72 Å². The van der Waals surface area contributed by atoms with Crippen LogP contribution in [0.3, 0.4) is 0 Å². The van der Waals surface area contributed by atoms with Gasteiger partial charge in [0.1, 0.15) is 5.69 Å². The van der Waals surface area contributed by atoms with Crippen LogP contribution in [0.1, 0.15) is 22.2 Å². The van der Waals surface area contributed by atoms with E-state index in [1.165, 1.54) is 13.0 Å². The third-order valence-corrected chi connectivity index (χ3v) is 3.82. The molecule has 2 rings (SSSR count). The fourth-order valence-electron chi connectivity index (χ4n) is 1.93. The second-order valence-corrected chi connectivity index (χ2v) is 5.48. The van der Waals surface area contributed by atoms with Gasteiger partial charge < -0.3 is 4.90 Å². The molecular weight excluding hydrogens is 276 g/mol. The average molecular weight is 290 g/mol. The molecule has 0 N–H and O–H groups in total. The lowest BCUT2D eigenvalue weighted by Gasteiger charge is -2.18. The van der Waals surface area contributed by atoms with Gasteiger partial charge in [-0.3, -0.25) is 14.9 Å². The number of hydrogen-bond donors (Lipinski definition) is 0. The van der Waals surface area contributed by atoms with Gasteiger partial charge in [0, 0.05) is 23.6 Å².